The summed E-state index contributed by atoms with van der Waals surface area (Å²) in [7, 11) is 0. The standard InChI is InChI=1S/C23H27ClN4O2/c1-23(9-10-23)27-20(29)14-30-17-7-2-4-15(12-17)22-25-19-8-11-28(16-5-3-6-16)13-18(19)21(24)26-22/h2,4,7,12,16H,3,5-6,8-11,13-14H2,1H3,(H,27,29). The smallest absolute Gasteiger partial charge is 0.258 e. The number of fused-ring (bicyclic) bond motifs is 1. The third-order valence-corrected chi connectivity index (χ3v) is 6.85. The normalized spacial score (nSPS) is 20.2. The minimum absolute atomic E-state index is 0.00183. The lowest BCUT2D eigenvalue weighted by Gasteiger charge is -2.40. The average molecular weight is 427 g/mol. The van der Waals surface area contributed by atoms with Crippen LogP contribution >= 0.6 is 11.6 Å². The van der Waals surface area contributed by atoms with E-state index in [1.165, 1.54) is 19.3 Å². The van der Waals surface area contributed by atoms with Gasteiger partial charge >= 0.3 is 0 Å². The summed E-state index contributed by atoms with van der Waals surface area (Å²) in [5.74, 6) is 1.14. The van der Waals surface area contributed by atoms with Gasteiger partial charge in [-0.3, -0.25) is 9.69 Å². The fourth-order valence-corrected chi connectivity index (χ4v) is 4.40. The van der Waals surface area contributed by atoms with E-state index in [0.717, 1.165) is 49.2 Å². The van der Waals surface area contributed by atoms with Crippen molar-refractivity contribution < 1.29 is 9.53 Å². The number of halogens is 1. The Morgan fingerprint density at radius 2 is 2.17 bits per heavy atom. The minimum atomic E-state index is -0.0931. The fourth-order valence-electron chi connectivity index (χ4n) is 4.15. The largest absolute Gasteiger partial charge is 0.484 e. The van der Waals surface area contributed by atoms with E-state index < -0.39 is 0 Å². The third-order valence-electron chi connectivity index (χ3n) is 6.53. The molecule has 0 saturated heterocycles. The summed E-state index contributed by atoms with van der Waals surface area (Å²) < 4.78 is 5.70. The number of carbonyl (C=O) groups is 1. The number of aromatic nitrogens is 2. The molecule has 6 nitrogen and oxygen atoms in total. The Morgan fingerprint density at radius 3 is 2.90 bits per heavy atom. The van der Waals surface area contributed by atoms with E-state index in [1.807, 2.05) is 31.2 Å². The van der Waals surface area contributed by atoms with Crippen LogP contribution in [-0.2, 0) is 17.8 Å². The number of amides is 1. The van der Waals surface area contributed by atoms with Crippen LogP contribution in [0, 0.1) is 0 Å². The van der Waals surface area contributed by atoms with Gasteiger partial charge in [0.1, 0.15) is 10.9 Å². The minimum Gasteiger partial charge on any atom is -0.484 e. The Hall–Kier alpha value is -2.18. The lowest BCUT2D eigenvalue weighted by Crippen LogP contribution is -2.43. The van der Waals surface area contributed by atoms with Gasteiger partial charge in [-0.15, -0.1) is 0 Å². The summed E-state index contributed by atoms with van der Waals surface area (Å²) in [6, 6.07) is 8.24. The quantitative estimate of drug-likeness (QED) is 0.712. The molecule has 2 heterocycles. The highest BCUT2D eigenvalue weighted by molar-refractivity contribution is 6.30. The van der Waals surface area contributed by atoms with Crippen LogP contribution in [0.5, 0.6) is 5.75 Å². The molecule has 3 aliphatic rings. The Morgan fingerprint density at radius 1 is 1.33 bits per heavy atom. The molecule has 1 aliphatic heterocycles. The van der Waals surface area contributed by atoms with Crippen molar-refractivity contribution in [2.24, 2.45) is 0 Å². The second-order valence-corrected chi connectivity index (χ2v) is 9.35. The van der Waals surface area contributed by atoms with E-state index >= 15 is 0 Å². The van der Waals surface area contributed by atoms with Gasteiger partial charge in [0.05, 0.1) is 5.69 Å². The molecule has 2 aliphatic carbocycles. The molecule has 2 saturated carbocycles. The Balaban J connectivity index is 1.29. The van der Waals surface area contributed by atoms with Gasteiger partial charge in [-0.05, 0) is 44.7 Å². The van der Waals surface area contributed by atoms with Crippen molar-refractivity contribution in [1.29, 1.82) is 0 Å². The second kappa shape index (κ2) is 7.82. The highest BCUT2D eigenvalue weighted by Crippen LogP contribution is 2.34. The van der Waals surface area contributed by atoms with Crippen LogP contribution in [0.1, 0.15) is 50.3 Å². The Labute approximate surface area is 182 Å². The number of hydrogen-bond acceptors (Lipinski definition) is 5. The van der Waals surface area contributed by atoms with Crippen molar-refractivity contribution in [3.63, 3.8) is 0 Å². The van der Waals surface area contributed by atoms with E-state index in [-0.39, 0.29) is 18.1 Å². The number of nitrogens with zero attached hydrogens (tertiary/aromatic N) is 3. The van der Waals surface area contributed by atoms with Crippen molar-refractivity contribution >= 4 is 17.5 Å². The average Bonchev–Trinajstić information content (AvgIpc) is 3.42. The van der Waals surface area contributed by atoms with Crippen molar-refractivity contribution in [2.45, 2.75) is 63.6 Å². The molecule has 0 bridgehead atoms. The van der Waals surface area contributed by atoms with Gasteiger partial charge in [0.25, 0.3) is 5.91 Å². The predicted molar refractivity (Wildman–Crippen MR) is 116 cm³/mol. The van der Waals surface area contributed by atoms with Crippen LogP contribution < -0.4 is 10.1 Å². The summed E-state index contributed by atoms with van der Waals surface area (Å²) in [5.41, 5.74) is 2.91. The highest BCUT2D eigenvalue weighted by Gasteiger charge is 2.38. The molecule has 30 heavy (non-hydrogen) atoms. The van der Waals surface area contributed by atoms with Crippen LogP contribution in [-0.4, -0.2) is 45.5 Å². The number of rotatable bonds is 6. The van der Waals surface area contributed by atoms with Crippen LogP contribution in [0.15, 0.2) is 24.3 Å². The summed E-state index contributed by atoms with van der Waals surface area (Å²) in [6.45, 7) is 3.92. The molecular weight excluding hydrogens is 400 g/mol. The Kier molecular flexibility index (Phi) is 5.15. The van der Waals surface area contributed by atoms with E-state index in [4.69, 9.17) is 21.3 Å². The van der Waals surface area contributed by atoms with Gasteiger partial charge in [-0.1, -0.05) is 30.2 Å². The van der Waals surface area contributed by atoms with E-state index in [9.17, 15) is 4.79 Å². The van der Waals surface area contributed by atoms with Crippen molar-refractivity contribution in [3.8, 4) is 17.1 Å². The third kappa shape index (κ3) is 4.16. The highest BCUT2D eigenvalue weighted by atomic mass is 35.5. The van der Waals surface area contributed by atoms with Crippen molar-refractivity contribution in [1.82, 2.24) is 20.2 Å². The summed E-state index contributed by atoms with van der Waals surface area (Å²) in [4.78, 5) is 24.0. The maximum absolute atomic E-state index is 12.1. The van der Waals surface area contributed by atoms with Gasteiger partial charge in [-0.25, -0.2) is 9.97 Å². The SMILES string of the molecule is CC1(NC(=O)COc2cccc(-c3nc(Cl)c4c(n3)CCN(C3CCC3)C4)c2)CC1. The molecule has 2 fully saturated rings. The van der Waals surface area contributed by atoms with Gasteiger partial charge in [0.15, 0.2) is 12.4 Å². The second-order valence-electron chi connectivity index (χ2n) is 8.99. The van der Waals surface area contributed by atoms with Crippen LogP contribution in [0.25, 0.3) is 11.4 Å². The number of benzene rings is 1. The lowest BCUT2D eigenvalue weighted by molar-refractivity contribution is -0.123. The zero-order valence-corrected chi connectivity index (χ0v) is 18.0. The molecule has 1 aromatic heterocycles. The maximum atomic E-state index is 12.1. The summed E-state index contributed by atoms with van der Waals surface area (Å²) >= 11 is 6.58. The molecule has 1 aromatic carbocycles. The van der Waals surface area contributed by atoms with Gasteiger partial charge in [0, 0.05) is 42.2 Å². The molecule has 0 atom stereocenters. The zero-order valence-electron chi connectivity index (χ0n) is 17.3. The summed E-state index contributed by atoms with van der Waals surface area (Å²) in [5, 5.41) is 3.54. The van der Waals surface area contributed by atoms with Crippen molar-refractivity contribution in [3.05, 3.63) is 40.7 Å². The number of nitrogens with one attached hydrogen (secondary N) is 1. The molecule has 2 aromatic rings. The lowest BCUT2D eigenvalue weighted by atomic mass is 9.89. The fraction of sp³-hybridized carbons (Fsp3) is 0.522. The van der Waals surface area contributed by atoms with Crippen LogP contribution in [0.3, 0.4) is 0 Å². The molecule has 5 rings (SSSR count). The van der Waals surface area contributed by atoms with Crippen LogP contribution in [0.2, 0.25) is 5.15 Å². The molecule has 7 heteroatoms. The molecular formula is C23H27ClN4O2. The first-order valence-corrected chi connectivity index (χ1v) is 11.2. The van der Waals surface area contributed by atoms with Crippen molar-refractivity contribution in [2.75, 3.05) is 13.2 Å². The van der Waals surface area contributed by atoms with Gasteiger partial charge in [-0.2, -0.15) is 0 Å². The number of carbonyl (C=O) groups excluding carboxylic acids is 1. The van der Waals surface area contributed by atoms with E-state index in [1.54, 1.807) is 0 Å². The van der Waals surface area contributed by atoms with E-state index in [0.29, 0.717) is 22.8 Å². The molecule has 0 spiro atoms. The molecule has 1 amide bonds. The topological polar surface area (TPSA) is 67.3 Å². The maximum Gasteiger partial charge on any atom is 0.258 e. The molecule has 0 radical (unpaired) electrons. The predicted octanol–water partition coefficient (Wildman–Crippen LogP) is 3.76. The zero-order chi connectivity index (χ0) is 20.7. The monoisotopic (exact) mass is 426 g/mol. The summed E-state index contributed by atoms with van der Waals surface area (Å²) in [6.07, 6.45) is 6.87. The first-order valence-electron chi connectivity index (χ1n) is 10.8. The molecule has 1 N–H and O–H groups in total. The number of hydrogen-bond donors (Lipinski definition) is 1. The Bertz CT molecular complexity index is 972. The number of ether oxygens (including phenoxy) is 1. The van der Waals surface area contributed by atoms with Gasteiger partial charge in [0.2, 0.25) is 0 Å². The molecule has 0 unspecified atom stereocenters. The van der Waals surface area contributed by atoms with E-state index in [2.05, 4.69) is 15.2 Å². The van der Waals surface area contributed by atoms with Gasteiger partial charge < -0.3 is 10.1 Å². The first-order chi connectivity index (χ1) is 14.5. The first kappa shape index (κ1) is 19.8. The molecule has 158 valence electrons. The van der Waals surface area contributed by atoms with Crippen LogP contribution in [0.4, 0.5) is 0 Å².